The van der Waals surface area contributed by atoms with Crippen LogP contribution in [-0.2, 0) is 0 Å². The number of hydrogen-bond acceptors (Lipinski definition) is 3. The summed E-state index contributed by atoms with van der Waals surface area (Å²) in [5, 5.41) is 4.93. The van der Waals surface area contributed by atoms with Gasteiger partial charge in [0, 0.05) is 10.9 Å². The number of fused-ring (bicyclic) bond motifs is 1. The van der Waals surface area contributed by atoms with E-state index in [-0.39, 0.29) is 11.7 Å². The number of carbonyl (C=O) groups is 1. The van der Waals surface area contributed by atoms with Crippen LogP contribution in [-0.4, -0.2) is 23.7 Å². The van der Waals surface area contributed by atoms with Gasteiger partial charge in [0.15, 0.2) is 0 Å². The van der Waals surface area contributed by atoms with Crippen molar-refractivity contribution in [2.24, 2.45) is 5.10 Å². The lowest BCUT2D eigenvalue weighted by Crippen LogP contribution is -2.19. The summed E-state index contributed by atoms with van der Waals surface area (Å²) >= 11 is 0. The lowest BCUT2D eigenvalue weighted by atomic mass is 10.1. The predicted molar refractivity (Wildman–Crippen MR) is 90.9 cm³/mol. The van der Waals surface area contributed by atoms with Gasteiger partial charge in [-0.15, -0.1) is 0 Å². The van der Waals surface area contributed by atoms with Gasteiger partial charge >= 0.3 is 0 Å². The number of carbonyl (C=O) groups excluding carboxylic acids is 1. The summed E-state index contributed by atoms with van der Waals surface area (Å²) in [5.74, 6) is 0.0503. The molecule has 1 heterocycles. The van der Waals surface area contributed by atoms with Gasteiger partial charge in [-0.25, -0.2) is 9.82 Å². The van der Waals surface area contributed by atoms with Crippen LogP contribution in [0.4, 0.5) is 4.39 Å². The van der Waals surface area contributed by atoms with E-state index in [0.29, 0.717) is 11.4 Å². The molecule has 0 bridgehead atoms. The molecule has 0 aliphatic rings. The molecule has 0 unspecified atom stereocenters. The molecule has 2 aromatic carbocycles. The van der Waals surface area contributed by atoms with Crippen LogP contribution < -0.4 is 10.2 Å². The van der Waals surface area contributed by atoms with E-state index in [4.69, 9.17) is 4.74 Å². The molecule has 0 radical (unpaired) electrons. The fourth-order valence-corrected chi connectivity index (χ4v) is 2.31. The molecular formula is C18H16FN3O2. The third-order valence-corrected chi connectivity index (χ3v) is 3.66. The number of methoxy groups -OCH3 is 1. The van der Waals surface area contributed by atoms with Crippen LogP contribution in [0.5, 0.6) is 5.75 Å². The number of benzene rings is 2. The van der Waals surface area contributed by atoms with Gasteiger partial charge in [0.1, 0.15) is 17.3 Å². The first kappa shape index (κ1) is 15.7. The van der Waals surface area contributed by atoms with Crippen molar-refractivity contribution in [3.8, 4) is 5.75 Å². The van der Waals surface area contributed by atoms with E-state index in [1.807, 2.05) is 18.2 Å². The Bertz CT molecular complexity index is 914. The Hall–Kier alpha value is -3.15. The Morgan fingerprint density at radius 1 is 1.17 bits per heavy atom. The molecule has 24 heavy (non-hydrogen) atoms. The van der Waals surface area contributed by atoms with E-state index in [2.05, 4.69) is 15.5 Å². The molecule has 0 aliphatic carbocycles. The maximum absolute atomic E-state index is 12.9. The Labute approximate surface area is 138 Å². The van der Waals surface area contributed by atoms with Gasteiger partial charge in [0.05, 0.1) is 12.8 Å². The molecule has 0 atom stereocenters. The topological polar surface area (TPSA) is 66.5 Å². The molecule has 0 spiro atoms. The minimum absolute atomic E-state index is 0.316. The summed E-state index contributed by atoms with van der Waals surface area (Å²) in [7, 11) is 1.59. The number of ether oxygens (including phenoxy) is 1. The average Bonchev–Trinajstić information content (AvgIpc) is 3.03. The normalized spacial score (nSPS) is 11.5. The number of nitrogens with zero attached hydrogens (tertiary/aromatic N) is 1. The fourth-order valence-electron chi connectivity index (χ4n) is 2.31. The number of nitrogens with one attached hydrogen (secondary N) is 2. The molecule has 122 valence electrons. The average molecular weight is 325 g/mol. The number of H-pyrrole nitrogens is 1. The van der Waals surface area contributed by atoms with Gasteiger partial charge in [-0.1, -0.05) is 12.1 Å². The van der Waals surface area contributed by atoms with Gasteiger partial charge in [0.25, 0.3) is 5.91 Å². The fraction of sp³-hybridized carbons (Fsp3) is 0.111. The molecule has 3 rings (SSSR count). The van der Waals surface area contributed by atoms with Crippen molar-refractivity contribution in [2.45, 2.75) is 6.92 Å². The van der Waals surface area contributed by atoms with E-state index in [1.165, 1.54) is 12.1 Å². The molecule has 0 fully saturated rings. The number of rotatable bonds is 4. The zero-order valence-corrected chi connectivity index (χ0v) is 13.3. The van der Waals surface area contributed by atoms with Crippen LogP contribution in [0.3, 0.4) is 0 Å². The standard InChI is InChI=1S/C18H16FN3O2/c1-11(12-3-5-14(19)6-4-12)21-22-18(23)17-10-13-9-15(24-2)7-8-16(13)20-17/h3-10,20H,1-2H3,(H,22,23). The second-order valence-corrected chi connectivity index (χ2v) is 5.28. The molecule has 2 N–H and O–H groups in total. The third kappa shape index (κ3) is 3.27. The number of hydrogen-bond donors (Lipinski definition) is 2. The van der Waals surface area contributed by atoms with Gasteiger partial charge in [-0.3, -0.25) is 4.79 Å². The molecule has 5 nitrogen and oxygen atoms in total. The van der Waals surface area contributed by atoms with E-state index in [1.54, 1.807) is 32.2 Å². The largest absolute Gasteiger partial charge is 0.497 e. The second-order valence-electron chi connectivity index (χ2n) is 5.28. The van der Waals surface area contributed by atoms with Crippen molar-refractivity contribution in [1.82, 2.24) is 10.4 Å². The highest BCUT2D eigenvalue weighted by Crippen LogP contribution is 2.21. The maximum Gasteiger partial charge on any atom is 0.287 e. The van der Waals surface area contributed by atoms with Gasteiger partial charge in [-0.2, -0.15) is 5.10 Å². The van der Waals surface area contributed by atoms with Gasteiger partial charge in [0.2, 0.25) is 0 Å². The van der Waals surface area contributed by atoms with Crippen LogP contribution in [0, 0.1) is 5.82 Å². The second kappa shape index (κ2) is 6.54. The van der Waals surface area contributed by atoms with Crippen molar-refractivity contribution in [1.29, 1.82) is 0 Å². The van der Waals surface area contributed by atoms with Crippen molar-refractivity contribution in [2.75, 3.05) is 7.11 Å². The maximum atomic E-state index is 12.9. The van der Waals surface area contributed by atoms with E-state index >= 15 is 0 Å². The Morgan fingerprint density at radius 2 is 1.92 bits per heavy atom. The molecule has 0 aliphatic heterocycles. The lowest BCUT2D eigenvalue weighted by molar-refractivity contribution is 0.0950. The summed E-state index contributed by atoms with van der Waals surface area (Å²) in [6.07, 6.45) is 0. The quantitative estimate of drug-likeness (QED) is 0.570. The highest BCUT2D eigenvalue weighted by Gasteiger charge is 2.10. The smallest absolute Gasteiger partial charge is 0.287 e. The molecule has 1 amide bonds. The van der Waals surface area contributed by atoms with Crippen LogP contribution in [0.25, 0.3) is 10.9 Å². The number of hydrazone groups is 1. The lowest BCUT2D eigenvalue weighted by Gasteiger charge is -2.02. The SMILES string of the molecule is COc1ccc2[nH]c(C(=O)NN=C(C)c3ccc(F)cc3)cc2c1. The summed E-state index contributed by atoms with van der Waals surface area (Å²) < 4.78 is 18.1. The first-order valence-electron chi connectivity index (χ1n) is 7.34. The molecule has 0 saturated carbocycles. The molecule has 0 saturated heterocycles. The third-order valence-electron chi connectivity index (χ3n) is 3.66. The molecule has 3 aromatic rings. The van der Waals surface area contributed by atoms with E-state index < -0.39 is 0 Å². The van der Waals surface area contributed by atoms with Crippen LogP contribution in [0.2, 0.25) is 0 Å². The molecule has 1 aromatic heterocycles. The van der Waals surface area contributed by atoms with Gasteiger partial charge in [-0.05, 0) is 48.9 Å². The van der Waals surface area contributed by atoms with Crippen molar-refractivity contribution >= 4 is 22.5 Å². The Morgan fingerprint density at radius 3 is 2.62 bits per heavy atom. The van der Waals surface area contributed by atoms with Crippen LogP contribution >= 0.6 is 0 Å². The summed E-state index contributed by atoms with van der Waals surface area (Å²) in [5.41, 5.74) is 5.04. The minimum atomic E-state index is -0.355. The Kier molecular flexibility index (Phi) is 4.29. The molecule has 6 heteroatoms. The first-order chi connectivity index (χ1) is 11.6. The summed E-state index contributed by atoms with van der Waals surface area (Å²) in [6, 6.07) is 13.1. The van der Waals surface area contributed by atoms with Crippen molar-refractivity contribution < 1.29 is 13.9 Å². The summed E-state index contributed by atoms with van der Waals surface area (Å²) in [6.45, 7) is 1.74. The van der Waals surface area contributed by atoms with Crippen molar-refractivity contribution in [3.63, 3.8) is 0 Å². The monoisotopic (exact) mass is 325 g/mol. The highest BCUT2D eigenvalue weighted by atomic mass is 19.1. The number of aromatic amines is 1. The first-order valence-corrected chi connectivity index (χ1v) is 7.34. The highest BCUT2D eigenvalue weighted by molar-refractivity contribution is 6.01. The van der Waals surface area contributed by atoms with E-state index in [0.717, 1.165) is 22.2 Å². The minimum Gasteiger partial charge on any atom is -0.497 e. The van der Waals surface area contributed by atoms with Gasteiger partial charge < -0.3 is 9.72 Å². The predicted octanol–water partition coefficient (Wildman–Crippen LogP) is 3.47. The van der Waals surface area contributed by atoms with Crippen LogP contribution in [0.15, 0.2) is 53.6 Å². The number of halogens is 1. The summed E-state index contributed by atoms with van der Waals surface area (Å²) in [4.78, 5) is 15.2. The zero-order valence-electron chi connectivity index (χ0n) is 13.3. The van der Waals surface area contributed by atoms with Crippen molar-refractivity contribution in [3.05, 3.63) is 65.6 Å². The Balaban J connectivity index is 1.77. The van der Waals surface area contributed by atoms with Crippen LogP contribution in [0.1, 0.15) is 23.0 Å². The number of amides is 1. The zero-order chi connectivity index (χ0) is 17.1. The number of aromatic nitrogens is 1. The molecular weight excluding hydrogens is 309 g/mol. The van der Waals surface area contributed by atoms with E-state index in [9.17, 15) is 9.18 Å².